The van der Waals surface area contributed by atoms with Crippen LogP contribution >= 0.6 is 0 Å². The van der Waals surface area contributed by atoms with Gasteiger partial charge in [-0.3, -0.25) is 0 Å². The molecule has 0 saturated heterocycles. The average molecular weight is 399 g/mol. The Bertz CT molecular complexity index is 765. The molecule has 27 heavy (non-hydrogen) atoms. The fourth-order valence-electron chi connectivity index (χ4n) is 2.00. The molecule has 1 aromatic carbocycles. The van der Waals surface area contributed by atoms with Crippen molar-refractivity contribution in [3.8, 4) is 5.75 Å². The van der Waals surface area contributed by atoms with E-state index in [4.69, 9.17) is 9.47 Å². The van der Waals surface area contributed by atoms with Gasteiger partial charge in [-0.05, 0) is 56.0 Å². The van der Waals surface area contributed by atoms with E-state index in [1.165, 1.54) is 13.2 Å². The highest BCUT2D eigenvalue weighted by Crippen LogP contribution is 2.19. The Morgan fingerprint density at radius 2 is 1.93 bits per heavy atom. The number of rotatable bonds is 8. The monoisotopic (exact) mass is 398 g/mol. The quantitative estimate of drug-likeness (QED) is 0.701. The second kappa shape index (κ2) is 9.75. The van der Waals surface area contributed by atoms with Crippen LogP contribution in [0.25, 0.3) is 6.08 Å². The predicted octanol–water partition coefficient (Wildman–Crippen LogP) is 3.27. The van der Waals surface area contributed by atoms with E-state index in [9.17, 15) is 13.2 Å². The molecule has 0 unspecified atom stereocenters. The number of ether oxygens (including phenoxy) is 2. The number of carbonyl (C=O) groups excluding carboxylic acids is 1. The van der Waals surface area contributed by atoms with Crippen LogP contribution < -0.4 is 14.8 Å². The molecule has 1 amide bonds. The first-order valence-corrected chi connectivity index (χ1v) is 10.3. The van der Waals surface area contributed by atoms with Crippen molar-refractivity contribution >= 4 is 22.2 Å². The summed E-state index contributed by atoms with van der Waals surface area (Å²) < 4.78 is 37.1. The van der Waals surface area contributed by atoms with Crippen LogP contribution in [0, 0.1) is 5.92 Å². The molecule has 0 saturated carbocycles. The largest absolute Gasteiger partial charge is 0.497 e. The van der Waals surface area contributed by atoms with Gasteiger partial charge in [0.2, 0.25) is 10.0 Å². The summed E-state index contributed by atoms with van der Waals surface area (Å²) in [4.78, 5) is 11.9. The van der Waals surface area contributed by atoms with Crippen molar-refractivity contribution in [3.05, 3.63) is 34.7 Å². The van der Waals surface area contributed by atoms with E-state index in [2.05, 4.69) is 10.0 Å². The predicted molar refractivity (Wildman–Crippen MR) is 107 cm³/mol. The number of hydrogen-bond donors (Lipinski definition) is 2. The van der Waals surface area contributed by atoms with E-state index < -0.39 is 21.7 Å². The molecule has 152 valence electrons. The Morgan fingerprint density at radius 3 is 2.48 bits per heavy atom. The van der Waals surface area contributed by atoms with Gasteiger partial charge in [0.25, 0.3) is 0 Å². The molecule has 0 spiro atoms. The van der Waals surface area contributed by atoms with Gasteiger partial charge in [0, 0.05) is 18.5 Å². The lowest BCUT2D eigenvalue weighted by atomic mass is 10.1. The van der Waals surface area contributed by atoms with Gasteiger partial charge in [-0.1, -0.05) is 19.9 Å². The molecule has 0 atom stereocenters. The highest BCUT2D eigenvalue weighted by atomic mass is 32.2. The first-order valence-electron chi connectivity index (χ1n) is 8.73. The van der Waals surface area contributed by atoms with Crippen molar-refractivity contribution in [2.75, 3.05) is 13.7 Å². The molecule has 0 bridgehead atoms. The van der Waals surface area contributed by atoms with E-state index in [-0.39, 0.29) is 12.5 Å². The highest BCUT2D eigenvalue weighted by Gasteiger charge is 2.16. The third-order valence-corrected chi connectivity index (χ3v) is 4.36. The summed E-state index contributed by atoms with van der Waals surface area (Å²) in [5.41, 5.74) is 0.759. The van der Waals surface area contributed by atoms with Crippen LogP contribution in [0.15, 0.2) is 23.6 Å². The first-order chi connectivity index (χ1) is 12.4. The summed E-state index contributed by atoms with van der Waals surface area (Å²) in [5, 5.41) is 3.79. The number of benzene rings is 1. The van der Waals surface area contributed by atoms with Crippen LogP contribution in [0.3, 0.4) is 0 Å². The molecule has 1 rings (SSSR count). The first kappa shape index (κ1) is 23.0. The zero-order chi connectivity index (χ0) is 20.7. The van der Waals surface area contributed by atoms with E-state index in [0.29, 0.717) is 23.4 Å². The number of nitrogens with one attached hydrogen (secondary N) is 2. The molecule has 0 fully saturated rings. The van der Waals surface area contributed by atoms with Gasteiger partial charge in [-0.25, -0.2) is 17.9 Å². The molecule has 7 nitrogen and oxygen atoms in total. The standard InChI is InChI=1S/C19H30N2O5S/c1-14(2)12-21-27(23,24)10-9-15-7-8-17(25-6)11-16(15)13-20-18(22)26-19(3,4)5/h7-11,14,21H,12-13H2,1-6H3,(H,20,22)/b10-9+. The lowest BCUT2D eigenvalue weighted by Crippen LogP contribution is -2.32. The summed E-state index contributed by atoms with van der Waals surface area (Å²) in [6, 6.07) is 5.20. The van der Waals surface area contributed by atoms with E-state index >= 15 is 0 Å². The Labute approximate surface area is 162 Å². The third kappa shape index (κ3) is 9.44. The minimum Gasteiger partial charge on any atom is -0.497 e. The Morgan fingerprint density at radius 1 is 1.26 bits per heavy atom. The molecule has 0 aliphatic heterocycles. The molecule has 0 heterocycles. The van der Waals surface area contributed by atoms with Crippen LogP contribution in [0.1, 0.15) is 45.7 Å². The smallest absolute Gasteiger partial charge is 0.407 e. The van der Waals surface area contributed by atoms with Crippen molar-refractivity contribution in [1.82, 2.24) is 10.0 Å². The van der Waals surface area contributed by atoms with Crippen LogP contribution in [0.5, 0.6) is 5.75 Å². The van der Waals surface area contributed by atoms with Gasteiger partial charge in [-0.2, -0.15) is 0 Å². The maximum absolute atomic E-state index is 12.1. The van der Waals surface area contributed by atoms with Gasteiger partial charge in [-0.15, -0.1) is 0 Å². The molecule has 2 N–H and O–H groups in total. The lowest BCUT2D eigenvalue weighted by molar-refractivity contribution is 0.0523. The van der Waals surface area contributed by atoms with Crippen LogP contribution in [-0.2, 0) is 21.3 Å². The molecular formula is C19H30N2O5S. The number of methoxy groups -OCH3 is 1. The highest BCUT2D eigenvalue weighted by molar-refractivity contribution is 7.92. The SMILES string of the molecule is COc1ccc(/C=C/S(=O)(=O)NCC(C)C)c(CNC(=O)OC(C)(C)C)c1. The van der Waals surface area contributed by atoms with E-state index in [0.717, 1.165) is 5.41 Å². The number of sulfonamides is 1. The summed E-state index contributed by atoms with van der Waals surface area (Å²) in [5.74, 6) is 0.816. The number of carbonyl (C=O) groups is 1. The molecule has 1 aromatic rings. The van der Waals surface area contributed by atoms with Crippen LogP contribution in [0.2, 0.25) is 0 Å². The number of hydrogen-bond acceptors (Lipinski definition) is 5. The summed E-state index contributed by atoms with van der Waals surface area (Å²) in [7, 11) is -2.00. The minimum absolute atomic E-state index is 0.172. The molecule has 0 radical (unpaired) electrons. The number of amides is 1. The molecular weight excluding hydrogens is 368 g/mol. The molecule has 0 aliphatic rings. The normalized spacial score (nSPS) is 12.4. The fraction of sp³-hybridized carbons (Fsp3) is 0.526. The lowest BCUT2D eigenvalue weighted by Gasteiger charge is -2.20. The van der Waals surface area contributed by atoms with Gasteiger partial charge in [0.1, 0.15) is 11.4 Å². The zero-order valence-corrected chi connectivity index (χ0v) is 17.6. The van der Waals surface area contributed by atoms with Crippen molar-refractivity contribution in [2.24, 2.45) is 5.92 Å². The zero-order valence-electron chi connectivity index (χ0n) is 16.8. The summed E-state index contributed by atoms with van der Waals surface area (Å²) >= 11 is 0. The van der Waals surface area contributed by atoms with E-state index in [1.54, 1.807) is 39.0 Å². The van der Waals surface area contributed by atoms with Crippen LogP contribution in [-0.4, -0.2) is 33.8 Å². The maximum Gasteiger partial charge on any atom is 0.407 e. The van der Waals surface area contributed by atoms with Gasteiger partial charge >= 0.3 is 6.09 Å². The average Bonchev–Trinajstić information content (AvgIpc) is 2.55. The van der Waals surface area contributed by atoms with Crippen molar-refractivity contribution in [2.45, 2.75) is 46.8 Å². The summed E-state index contributed by atoms with van der Waals surface area (Å²) in [6.45, 7) is 9.73. The maximum atomic E-state index is 12.1. The van der Waals surface area contributed by atoms with Crippen molar-refractivity contribution < 1.29 is 22.7 Å². The van der Waals surface area contributed by atoms with Crippen molar-refractivity contribution in [3.63, 3.8) is 0 Å². The molecule has 0 aliphatic carbocycles. The second-order valence-corrected chi connectivity index (χ2v) is 9.16. The van der Waals surface area contributed by atoms with Gasteiger partial charge < -0.3 is 14.8 Å². The Kier molecular flexibility index (Phi) is 8.30. The Balaban J connectivity index is 2.94. The van der Waals surface area contributed by atoms with E-state index in [1.807, 2.05) is 13.8 Å². The van der Waals surface area contributed by atoms with Crippen molar-refractivity contribution in [1.29, 1.82) is 0 Å². The van der Waals surface area contributed by atoms with Gasteiger partial charge in [0.05, 0.1) is 7.11 Å². The molecule has 8 heteroatoms. The second-order valence-electron chi connectivity index (χ2n) is 7.51. The number of alkyl carbamates (subject to hydrolysis) is 1. The Hall–Kier alpha value is -2.06. The molecule has 0 aromatic heterocycles. The van der Waals surface area contributed by atoms with Crippen LogP contribution in [0.4, 0.5) is 4.79 Å². The minimum atomic E-state index is -3.54. The third-order valence-electron chi connectivity index (χ3n) is 3.29. The fourth-order valence-corrected chi connectivity index (χ4v) is 2.99. The summed E-state index contributed by atoms with van der Waals surface area (Å²) in [6.07, 6.45) is 0.945. The van der Waals surface area contributed by atoms with Gasteiger partial charge in [0.15, 0.2) is 0 Å². The topological polar surface area (TPSA) is 93.7 Å².